The Morgan fingerprint density at radius 3 is 2.95 bits per heavy atom. The summed E-state index contributed by atoms with van der Waals surface area (Å²) in [4.78, 5) is 12.1. The number of benzene rings is 1. The van der Waals surface area contributed by atoms with Crippen LogP contribution in [0.1, 0.15) is 21.8 Å². The lowest BCUT2D eigenvalue weighted by molar-refractivity contribution is 0.102. The first-order valence-corrected chi connectivity index (χ1v) is 5.70. The van der Waals surface area contributed by atoms with Crippen LogP contribution in [0, 0.1) is 24.6 Å². The molecule has 0 radical (unpaired) electrons. The van der Waals surface area contributed by atoms with Gasteiger partial charge in [-0.05, 0) is 18.2 Å². The van der Waals surface area contributed by atoms with E-state index < -0.39 is 11.7 Å². The van der Waals surface area contributed by atoms with E-state index in [4.69, 9.17) is 10.2 Å². The van der Waals surface area contributed by atoms with Gasteiger partial charge in [-0.1, -0.05) is 16.9 Å². The lowest BCUT2D eigenvalue weighted by Crippen LogP contribution is -2.14. The molecule has 0 spiro atoms. The Hall–Kier alpha value is -2.72. The second kappa shape index (κ2) is 5.95. The van der Waals surface area contributed by atoms with Gasteiger partial charge < -0.3 is 10.2 Å². The lowest BCUT2D eigenvalue weighted by Gasteiger charge is -2.03. The topological polar surface area (TPSA) is 94.0 Å². The number of nitrogens with two attached hydrogens (primary N) is 1. The molecule has 0 unspecified atom stereocenters. The number of rotatable bonds is 2. The molecule has 20 heavy (non-hydrogen) atoms. The third kappa shape index (κ3) is 3.18. The molecule has 1 aromatic heterocycles. The molecule has 7 heteroatoms. The van der Waals surface area contributed by atoms with Crippen molar-refractivity contribution in [3.8, 4) is 11.8 Å². The van der Waals surface area contributed by atoms with Crippen molar-refractivity contribution in [2.24, 2.45) is 5.73 Å². The van der Waals surface area contributed by atoms with E-state index in [0.29, 0.717) is 11.5 Å². The molecule has 0 saturated carbocycles. The highest BCUT2D eigenvalue weighted by Gasteiger charge is 2.14. The number of amides is 1. The second-order valence-electron chi connectivity index (χ2n) is 3.78. The van der Waals surface area contributed by atoms with Crippen molar-refractivity contribution in [2.75, 3.05) is 11.9 Å². The van der Waals surface area contributed by atoms with Gasteiger partial charge in [-0.2, -0.15) is 0 Å². The number of aromatic nitrogens is 2. The number of nitrogens with one attached hydrogen (secondary N) is 1. The molecule has 3 N–H and O–H groups in total. The van der Waals surface area contributed by atoms with E-state index in [1.165, 1.54) is 12.1 Å². The number of carbonyl (C=O) groups excluding carboxylic acids is 1. The van der Waals surface area contributed by atoms with Gasteiger partial charge in [0, 0.05) is 12.5 Å². The van der Waals surface area contributed by atoms with Gasteiger partial charge in [-0.25, -0.2) is 4.39 Å². The van der Waals surface area contributed by atoms with E-state index in [1.54, 1.807) is 6.92 Å². The average molecular weight is 274 g/mol. The number of nitrogens with zero attached hydrogens (tertiary/aromatic N) is 2. The molecule has 0 atom stereocenters. The van der Waals surface area contributed by atoms with Crippen molar-refractivity contribution < 1.29 is 13.6 Å². The zero-order valence-electron chi connectivity index (χ0n) is 10.6. The predicted octanol–water partition coefficient (Wildman–Crippen LogP) is 1.08. The zero-order valence-corrected chi connectivity index (χ0v) is 10.6. The first-order chi connectivity index (χ1) is 9.60. The molecular formula is C13H11FN4O2. The fourth-order valence-electron chi connectivity index (χ4n) is 1.47. The minimum atomic E-state index is -0.588. The Kier molecular flexibility index (Phi) is 4.08. The van der Waals surface area contributed by atoms with Gasteiger partial charge >= 0.3 is 6.01 Å². The monoisotopic (exact) mass is 274 g/mol. The summed E-state index contributed by atoms with van der Waals surface area (Å²) in [6.07, 6.45) is 0. The van der Waals surface area contributed by atoms with E-state index in [-0.39, 0.29) is 18.1 Å². The molecule has 102 valence electrons. The second-order valence-corrected chi connectivity index (χ2v) is 3.78. The van der Waals surface area contributed by atoms with E-state index >= 15 is 0 Å². The summed E-state index contributed by atoms with van der Waals surface area (Å²) < 4.78 is 18.3. The van der Waals surface area contributed by atoms with Gasteiger partial charge in [0.15, 0.2) is 0 Å². The highest BCUT2D eigenvalue weighted by Crippen LogP contribution is 2.13. The number of hydrogen-bond donors (Lipinski definition) is 2. The SMILES string of the molecule is Cc1nnc(NC(=O)c2cc(F)ccc2C#CCN)o1. The zero-order chi connectivity index (χ0) is 14.5. The maximum atomic E-state index is 13.3. The van der Waals surface area contributed by atoms with Gasteiger partial charge in [-0.15, -0.1) is 5.10 Å². The fourth-order valence-corrected chi connectivity index (χ4v) is 1.47. The molecule has 0 bridgehead atoms. The lowest BCUT2D eigenvalue weighted by atomic mass is 10.1. The maximum absolute atomic E-state index is 13.3. The molecule has 0 saturated heterocycles. The molecule has 2 aromatic rings. The number of aryl methyl sites for hydroxylation is 1. The quantitative estimate of drug-likeness (QED) is 0.799. The number of anilines is 1. The van der Waals surface area contributed by atoms with Gasteiger partial charge in [0.25, 0.3) is 5.91 Å². The Morgan fingerprint density at radius 2 is 2.30 bits per heavy atom. The maximum Gasteiger partial charge on any atom is 0.322 e. The molecule has 2 rings (SSSR count). The normalized spacial score (nSPS) is 9.75. The molecule has 0 aliphatic heterocycles. The smallest absolute Gasteiger partial charge is 0.322 e. The van der Waals surface area contributed by atoms with Gasteiger partial charge in [0.05, 0.1) is 12.1 Å². The third-order valence-electron chi connectivity index (χ3n) is 2.30. The molecule has 6 nitrogen and oxygen atoms in total. The van der Waals surface area contributed by atoms with Gasteiger partial charge in [-0.3, -0.25) is 10.1 Å². The summed E-state index contributed by atoms with van der Waals surface area (Å²) in [6, 6.07) is 3.65. The molecular weight excluding hydrogens is 263 g/mol. The van der Waals surface area contributed by atoms with Gasteiger partial charge in [0.2, 0.25) is 5.89 Å². The first kappa shape index (κ1) is 13.7. The summed E-state index contributed by atoms with van der Waals surface area (Å²) in [5.74, 6) is 4.49. The fraction of sp³-hybridized carbons (Fsp3) is 0.154. The van der Waals surface area contributed by atoms with Crippen LogP contribution < -0.4 is 11.1 Å². The van der Waals surface area contributed by atoms with Crippen LogP contribution in [0.2, 0.25) is 0 Å². The Balaban J connectivity index is 2.30. The van der Waals surface area contributed by atoms with Crippen molar-refractivity contribution in [1.82, 2.24) is 10.2 Å². The van der Waals surface area contributed by atoms with Crippen LogP contribution in [0.25, 0.3) is 0 Å². The van der Waals surface area contributed by atoms with Crippen molar-refractivity contribution in [2.45, 2.75) is 6.92 Å². The summed E-state index contributed by atoms with van der Waals surface area (Å²) in [5, 5.41) is 9.58. The first-order valence-electron chi connectivity index (χ1n) is 5.70. The van der Waals surface area contributed by atoms with Crippen LogP contribution in [-0.2, 0) is 0 Å². The highest BCUT2D eigenvalue weighted by atomic mass is 19.1. The third-order valence-corrected chi connectivity index (χ3v) is 2.30. The van der Waals surface area contributed by atoms with Crippen LogP contribution >= 0.6 is 0 Å². The van der Waals surface area contributed by atoms with Crippen LogP contribution in [0.4, 0.5) is 10.4 Å². The van der Waals surface area contributed by atoms with E-state index in [1.807, 2.05) is 0 Å². The molecule has 0 aliphatic carbocycles. The van der Waals surface area contributed by atoms with Crippen LogP contribution in [0.15, 0.2) is 22.6 Å². The Morgan fingerprint density at radius 1 is 1.50 bits per heavy atom. The Labute approximate surface area is 114 Å². The predicted molar refractivity (Wildman–Crippen MR) is 69.3 cm³/mol. The number of hydrogen-bond acceptors (Lipinski definition) is 5. The average Bonchev–Trinajstić information content (AvgIpc) is 2.82. The molecule has 0 aliphatic rings. The standard InChI is InChI=1S/C13H11FN4O2/c1-8-17-18-13(20-8)16-12(19)11-7-10(14)5-4-9(11)3-2-6-15/h4-5,7H,6,15H2,1H3,(H,16,18,19). The number of carbonyl (C=O) groups is 1. The Bertz CT molecular complexity index is 700. The van der Waals surface area contributed by atoms with Crippen LogP contribution in [0.5, 0.6) is 0 Å². The van der Waals surface area contributed by atoms with E-state index in [2.05, 4.69) is 27.4 Å². The molecule has 0 fully saturated rings. The van der Waals surface area contributed by atoms with Crippen LogP contribution in [0.3, 0.4) is 0 Å². The minimum absolute atomic E-state index is 0.0607. The van der Waals surface area contributed by atoms with Crippen molar-refractivity contribution in [3.05, 3.63) is 41.0 Å². The number of halogens is 1. The minimum Gasteiger partial charge on any atom is -0.408 e. The van der Waals surface area contributed by atoms with Crippen molar-refractivity contribution >= 4 is 11.9 Å². The summed E-state index contributed by atoms with van der Waals surface area (Å²) >= 11 is 0. The summed E-state index contributed by atoms with van der Waals surface area (Å²) in [5.41, 5.74) is 5.71. The van der Waals surface area contributed by atoms with Crippen molar-refractivity contribution in [3.63, 3.8) is 0 Å². The molecule has 1 amide bonds. The summed E-state index contributed by atoms with van der Waals surface area (Å²) in [6.45, 7) is 1.73. The van der Waals surface area contributed by atoms with Crippen LogP contribution in [-0.4, -0.2) is 22.6 Å². The van der Waals surface area contributed by atoms with E-state index in [9.17, 15) is 9.18 Å². The van der Waals surface area contributed by atoms with Crippen molar-refractivity contribution in [1.29, 1.82) is 0 Å². The molecule has 1 heterocycles. The molecule has 1 aromatic carbocycles. The van der Waals surface area contributed by atoms with E-state index in [0.717, 1.165) is 6.07 Å². The summed E-state index contributed by atoms with van der Waals surface area (Å²) in [7, 11) is 0. The largest absolute Gasteiger partial charge is 0.408 e. The van der Waals surface area contributed by atoms with Gasteiger partial charge in [0.1, 0.15) is 5.82 Å². The highest BCUT2D eigenvalue weighted by molar-refractivity contribution is 6.04.